The summed E-state index contributed by atoms with van der Waals surface area (Å²) in [6.07, 6.45) is 0.149. The molecule has 0 N–H and O–H groups in total. The normalized spacial score (nSPS) is 10.6. The molecule has 0 aliphatic heterocycles. The summed E-state index contributed by atoms with van der Waals surface area (Å²) in [4.78, 5) is 10.4. The number of rotatable bonds is 2. The zero-order valence-electron chi connectivity index (χ0n) is 8.04. The van der Waals surface area contributed by atoms with Gasteiger partial charge in [0.2, 0.25) is 0 Å². The van der Waals surface area contributed by atoms with Gasteiger partial charge in [-0.2, -0.15) is 13.2 Å². The molecule has 0 radical (unpaired) electrons. The molecule has 16 heavy (non-hydrogen) atoms. The first kappa shape index (κ1) is 12.1. The first-order chi connectivity index (χ1) is 7.45. The van der Waals surface area contributed by atoms with Gasteiger partial charge in [-0.3, -0.25) is 0 Å². The number of carbonyl (C=O) groups is 1. The lowest BCUT2D eigenvalue weighted by atomic mass is 10.1. The molecule has 0 aliphatic carbocycles. The number of alkyl halides is 3. The Labute approximate surface area is 90.0 Å². The molecule has 0 aromatic heterocycles. The number of halogens is 3. The van der Waals surface area contributed by atoms with Crippen LogP contribution in [0.2, 0.25) is 0 Å². The molecule has 0 saturated heterocycles. The summed E-state index contributed by atoms with van der Waals surface area (Å²) >= 11 is 0. The Morgan fingerprint density at radius 3 is 2.56 bits per heavy atom. The van der Waals surface area contributed by atoms with Crippen molar-refractivity contribution in [3.63, 3.8) is 0 Å². The highest BCUT2D eigenvalue weighted by Crippen LogP contribution is 2.18. The Morgan fingerprint density at radius 1 is 1.38 bits per heavy atom. The number of ether oxygens (including phenoxy) is 1. The number of benzene rings is 1. The van der Waals surface area contributed by atoms with Crippen molar-refractivity contribution in [2.24, 2.45) is 0 Å². The van der Waals surface area contributed by atoms with Crippen molar-refractivity contribution in [2.75, 3.05) is 0 Å². The maximum Gasteiger partial charge on any atom is 0.490 e. The van der Waals surface area contributed by atoms with Gasteiger partial charge in [-0.25, -0.2) is 4.79 Å². The van der Waals surface area contributed by atoms with Crippen molar-refractivity contribution in [1.29, 1.82) is 0 Å². The quantitative estimate of drug-likeness (QED) is 0.573. The molecule has 0 bridgehead atoms. The minimum atomic E-state index is -4.98. The molecule has 0 heterocycles. The van der Waals surface area contributed by atoms with E-state index in [0.29, 0.717) is 11.1 Å². The van der Waals surface area contributed by atoms with E-state index in [4.69, 9.17) is 6.42 Å². The van der Waals surface area contributed by atoms with Gasteiger partial charge in [0.25, 0.3) is 0 Å². The van der Waals surface area contributed by atoms with Crippen molar-refractivity contribution in [1.82, 2.24) is 0 Å². The van der Waals surface area contributed by atoms with Crippen LogP contribution in [0.25, 0.3) is 0 Å². The van der Waals surface area contributed by atoms with Gasteiger partial charge in [0.15, 0.2) is 0 Å². The maximum absolute atomic E-state index is 11.8. The molecule has 0 fully saturated rings. The summed E-state index contributed by atoms with van der Waals surface area (Å²) in [6, 6.07) is 6.29. The topological polar surface area (TPSA) is 26.3 Å². The predicted octanol–water partition coefficient (Wildman–Crippen LogP) is 2.27. The fourth-order valence-corrected chi connectivity index (χ4v) is 1.01. The lowest BCUT2D eigenvalue weighted by molar-refractivity contribution is -0.201. The van der Waals surface area contributed by atoms with Crippen LogP contribution in [0.3, 0.4) is 0 Å². The number of hydrogen-bond donors (Lipinski definition) is 0. The third kappa shape index (κ3) is 3.02. The van der Waals surface area contributed by atoms with E-state index in [0.717, 1.165) is 0 Å². The smallest absolute Gasteiger partial charge is 0.454 e. The van der Waals surface area contributed by atoms with Gasteiger partial charge < -0.3 is 4.74 Å². The molecule has 2 nitrogen and oxygen atoms in total. The van der Waals surface area contributed by atoms with Gasteiger partial charge in [0.05, 0.1) is 0 Å². The molecule has 1 aromatic carbocycles. The van der Waals surface area contributed by atoms with Gasteiger partial charge >= 0.3 is 12.1 Å². The summed E-state index contributed by atoms with van der Waals surface area (Å²) in [5.41, 5.74) is 0.764. The fourth-order valence-electron chi connectivity index (χ4n) is 1.01. The highest BCUT2D eigenvalue weighted by Gasteiger charge is 2.40. The van der Waals surface area contributed by atoms with Crippen LogP contribution in [0.1, 0.15) is 11.1 Å². The van der Waals surface area contributed by atoms with Crippen LogP contribution in [-0.2, 0) is 16.1 Å². The van der Waals surface area contributed by atoms with E-state index in [2.05, 4.69) is 10.7 Å². The third-order valence-electron chi connectivity index (χ3n) is 1.76. The Bertz CT molecular complexity index is 430. The standard InChI is InChI=1S/C11H7F3O2/c1-2-8-5-3-4-6-9(8)7-16-10(15)11(12,13)14/h1,3-6H,7H2. The number of terminal acetylenes is 1. The van der Waals surface area contributed by atoms with E-state index in [-0.39, 0.29) is 0 Å². The second-order valence-corrected chi connectivity index (χ2v) is 2.88. The van der Waals surface area contributed by atoms with E-state index >= 15 is 0 Å². The third-order valence-corrected chi connectivity index (χ3v) is 1.76. The Morgan fingerprint density at radius 2 is 2.00 bits per heavy atom. The van der Waals surface area contributed by atoms with E-state index in [1.165, 1.54) is 6.07 Å². The molecule has 0 atom stereocenters. The second kappa shape index (κ2) is 4.71. The van der Waals surface area contributed by atoms with Crippen molar-refractivity contribution >= 4 is 5.97 Å². The molecule has 0 unspecified atom stereocenters. The minimum Gasteiger partial charge on any atom is -0.454 e. The van der Waals surface area contributed by atoms with Crippen LogP contribution in [0.4, 0.5) is 13.2 Å². The highest BCUT2D eigenvalue weighted by atomic mass is 19.4. The average molecular weight is 228 g/mol. The molecule has 0 spiro atoms. The van der Waals surface area contributed by atoms with E-state index in [1.54, 1.807) is 18.2 Å². The minimum absolute atomic E-state index is 0.364. The number of esters is 1. The first-order valence-electron chi connectivity index (χ1n) is 4.23. The molecule has 0 saturated carbocycles. The van der Waals surface area contributed by atoms with Crippen molar-refractivity contribution in [3.05, 3.63) is 35.4 Å². The van der Waals surface area contributed by atoms with Gasteiger partial charge in [-0.05, 0) is 6.07 Å². The summed E-state index contributed by atoms with van der Waals surface area (Å²) in [7, 11) is 0. The first-order valence-corrected chi connectivity index (χ1v) is 4.23. The average Bonchev–Trinajstić information content (AvgIpc) is 2.24. The Hall–Kier alpha value is -1.96. The highest BCUT2D eigenvalue weighted by molar-refractivity contribution is 5.75. The van der Waals surface area contributed by atoms with E-state index in [1.807, 2.05) is 0 Å². The monoisotopic (exact) mass is 228 g/mol. The molecular weight excluding hydrogens is 221 g/mol. The molecular formula is C11H7F3O2. The van der Waals surface area contributed by atoms with Gasteiger partial charge in [0.1, 0.15) is 6.61 Å². The van der Waals surface area contributed by atoms with Crippen LogP contribution in [0.5, 0.6) is 0 Å². The number of hydrogen-bond acceptors (Lipinski definition) is 2. The SMILES string of the molecule is C#Cc1ccccc1COC(=O)C(F)(F)F. The lowest BCUT2D eigenvalue weighted by Crippen LogP contribution is -2.25. The molecule has 84 valence electrons. The predicted molar refractivity (Wildman–Crippen MR) is 50.2 cm³/mol. The van der Waals surface area contributed by atoms with Gasteiger partial charge in [-0.1, -0.05) is 24.1 Å². The molecule has 1 rings (SSSR count). The molecule has 0 amide bonds. The zero-order valence-corrected chi connectivity index (χ0v) is 8.04. The van der Waals surface area contributed by atoms with Crippen molar-refractivity contribution in [2.45, 2.75) is 12.8 Å². The van der Waals surface area contributed by atoms with E-state index in [9.17, 15) is 18.0 Å². The lowest BCUT2D eigenvalue weighted by Gasteiger charge is -2.08. The van der Waals surface area contributed by atoms with Crippen molar-refractivity contribution in [3.8, 4) is 12.3 Å². The summed E-state index contributed by atoms with van der Waals surface area (Å²) in [5, 5.41) is 0. The molecule has 1 aromatic rings. The summed E-state index contributed by atoms with van der Waals surface area (Å²) in [6.45, 7) is -0.487. The van der Waals surface area contributed by atoms with E-state index < -0.39 is 18.8 Å². The van der Waals surface area contributed by atoms with Crippen LogP contribution < -0.4 is 0 Å². The fraction of sp³-hybridized carbons (Fsp3) is 0.182. The zero-order chi connectivity index (χ0) is 12.2. The van der Waals surface area contributed by atoms with Gasteiger partial charge in [0, 0.05) is 11.1 Å². The van der Waals surface area contributed by atoms with Crippen LogP contribution in [-0.4, -0.2) is 12.1 Å². The van der Waals surface area contributed by atoms with Crippen molar-refractivity contribution < 1.29 is 22.7 Å². The van der Waals surface area contributed by atoms with Gasteiger partial charge in [-0.15, -0.1) is 6.42 Å². The maximum atomic E-state index is 11.8. The van der Waals surface area contributed by atoms with Crippen LogP contribution in [0, 0.1) is 12.3 Å². The molecule has 5 heteroatoms. The largest absolute Gasteiger partial charge is 0.490 e. The van der Waals surface area contributed by atoms with Crippen LogP contribution >= 0.6 is 0 Å². The number of carbonyl (C=O) groups excluding carboxylic acids is 1. The Balaban J connectivity index is 2.70. The summed E-state index contributed by atoms with van der Waals surface area (Å²) in [5.74, 6) is 0.0626. The Kier molecular flexibility index (Phi) is 3.56. The second-order valence-electron chi connectivity index (χ2n) is 2.88. The summed E-state index contributed by atoms with van der Waals surface area (Å²) < 4.78 is 39.5. The van der Waals surface area contributed by atoms with Crippen LogP contribution in [0.15, 0.2) is 24.3 Å². The molecule has 0 aliphatic rings.